The maximum atomic E-state index is 15.5. The maximum Gasteiger partial charge on any atom is 0.192 e. The first-order valence-corrected chi connectivity index (χ1v) is 13.5. The second-order valence-corrected chi connectivity index (χ2v) is 11.4. The van der Waals surface area contributed by atoms with Crippen LogP contribution in [-0.2, 0) is 4.57 Å². The molecule has 37 heavy (non-hydrogen) atoms. The molecule has 0 N–H and O–H groups in total. The predicted molar refractivity (Wildman–Crippen MR) is 148 cm³/mol. The summed E-state index contributed by atoms with van der Waals surface area (Å²) in [6, 6.07) is 28.5. The number of methoxy groups -OCH3 is 1. The normalized spacial score (nSPS) is 13.3. The van der Waals surface area contributed by atoms with E-state index in [2.05, 4.69) is 9.97 Å². The lowest BCUT2D eigenvalue weighted by molar-refractivity contribution is 0.420. The highest BCUT2D eigenvalue weighted by atomic mass is 31.2. The smallest absolute Gasteiger partial charge is 0.192 e. The molecular formula is C30H20N3O3P. The average molecular weight is 501 g/mol. The summed E-state index contributed by atoms with van der Waals surface area (Å²) in [5.41, 5.74) is 3.70. The summed E-state index contributed by atoms with van der Waals surface area (Å²) in [5.74, 6) is 0.609. The fraction of sp³-hybridized carbons (Fsp3) is 0.0333. The zero-order valence-corrected chi connectivity index (χ0v) is 20.7. The monoisotopic (exact) mass is 501 g/mol. The molecule has 7 heteroatoms. The van der Waals surface area contributed by atoms with Gasteiger partial charge in [0, 0.05) is 28.5 Å². The number of rotatable bonds is 4. The van der Waals surface area contributed by atoms with Gasteiger partial charge in [0.25, 0.3) is 0 Å². The Bertz CT molecular complexity index is 2020. The molecule has 0 fully saturated rings. The molecule has 0 aliphatic carbocycles. The summed E-state index contributed by atoms with van der Waals surface area (Å²) >= 11 is 0. The lowest BCUT2D eigenvalue weighted by atomic mass is 10.1. The van der Waals surface area contributed by atoms with Crippen LogP contribution >= 0.6 is 7.14 Å². The van der Waals surface area contributed by atoms with Gasteiger partial charge in [-0.05, 0) is 36.4 Å². The molecule has 0 bridgehead atoms. The van der Waals surface area contributed by atoms with Gasteiger partial charge in [-0.25, -0.2) is 4.98 Å². The Kier molecular flexibility index (Phi) is 4.85. The van der Waals surface area contributed by atoms with Crippen LogP contribution in [0.4, 0.5) is 0 Å². The third kappa shape index (κ3) is 3.19. The van der Waals surface area contributed by atoms with Gasteiger partial charge in [-0.2, -0.15) is 0 Å². The van der Waals surface area contributed by atoms with Crippen LogP contribution in [0.5, 0.6) is 5.75 Å². The largest absolute Gasteiger partial charge is 0.496 e. The first kappa shape index (κ1) is 21.7. The Balaban J connectivity index is 1.60. The standard InChI is InChI=1S/C30H20N3O3P/c1-35-22-14-15-24(30-26(22)29-23(36-30)10-6-18-32-29)37(34,21-8-3-2-4-9-21)25-16-13-20-12-11-19-7-5-17-31-27(19)28(20)33-25/h2-18H,1H3. The molecule has 3 aromatic carbocycles. The van der Waals surface area contributed by atoms with Gasteiger partial charge in [-0.3, -0.25) is 9.97 Å². The zero-order chi connectivity index (χ0) is 25.0. The van der Waals surface area contributed by atoms with E-state index in [4.69, 9.17) is 14.1 Å². The molecule has 0 aliphatic rings. The number of fused-ring (bicyclic) bond motifs is 6. The molecular weight excluding hydrogens is 481 g/mol. The number of pyridine rings is 3. The van der Waals surface area contributed by atoms with E-state index in [9.17, 15) is 0 Å². The molecule has 0 saturated heterocycles. The summed E-state index contributed by atoms with van der Waals surface area (Å²) in [4.78, 5) is 14.1. The van der Waals surface area contributed by atoms with Crippen LogP contribution in [0.25, 0.3) is 43.9 Å². The van der Waals surface area contributed by atoms with Gasteiger partial charge >= 0.3 is 0 Å². The van der Waals surface area contributed by atoms with E-state index in [1.165, 1.54) is 0 Å². The topological polar surface area (TPSA) is 78.1 Å². The van der Waals surface area contributed by atoms with E-state index in [1.807, 2.05) is 91.0 Å². The Labute approximate surface area is 211 Å². The number of nitrogens with zero attached hydrogens (tertiary/aromatic N) is 3. The number of benzene rings is 3. The van der Waals surface area contributed by atoms with Crippen molar-refractivity contribution < 1.29 is 13.7 Å². The van der Waals surface area contributed by atoms with Crippen molar-refractivity contribution in [1.29, 1.82) is 0 Å². The third-order valence-corrected chi connectivity index (χ3v) is 9.69. The van der Waals surface area contributed by atoms with E-state index in [1.54, 1.807) is 19.5 Å². The summed E-state index contributed by atoms with van der Waals surface area (Å²) in [5, 5.41) is 3.81. The van der Waals surface area contributed by atoms with E-state index in [-0.39, 0.29) is 0 Å². The molecule has 0 aliphatic heterocycles. The molecule has 6 nitrogen and oxygen atoms in total. The molecule has 1 atom stereocenters. The minimum Gasteiger partial charge on any atom is -0.496 e. The van der Waals surface area contributed by atoms with Crippen LogP contribution in [0, 0.1) is 0 Å². The van der Waals surface area contributed by atoms with Gasteiger partial charge < -0.3 is 13.7 Å². The quantitative estimate of drug-likeness (QED) is 0.227. The molecule has 178 valence electrons. The van der Waals surface area contributed by atoms with Crippen molar-refractivity contribution in [2.75, 3.05) is 7.11 Å². The second kappa shape index (κ2) is 8.26. The van der Waals surface area contributed by atoms with Crippen molar-refractivity contribution in [1.82, 2.24) is 15.0 Å². The van der Waals surface area contributed by atoms with Gasteiger partial charge in [0.1, 0.15) is 16.7 Å². The van der Waals surface area contributed by atoms with E-state index in [0.717, 1.165) is 16.3 Å². The van der Waals surface area contributed by atoms with Crippen molar-refractivity contribution in [3.05, 3.63) is 103 Å². The second-order valence-electron chi connectivity index (χ2n) is 8.77. The van der Waals surface area contributed by atoms with Gasteiger partial charge in [0.05, 0.1) is 28.8 Å². The molecule has 4 aromatic heterocycles. The minimum atomic E-state index is -3.51. The van der Waals surface area contributed by atoms with Crippen LogP contribution in [0.2, 0.25) is 0 Å². The van der Waals surface area contributed by atoms with Crippen LogP contribution < -0.4 is 20.8 Å². The number of hydrogen-bond donors (Lipinski definition) is 0. The van der Waals surface area contributed by atoms with Gasteiger partial charge in [0.15, 0.2) is 18.3 Å². The van der Waals surface area contributed by atoms with Crippen molar-refractivity contribution in [3.63, 3.8) is 0 Å². The van der Waals surface area contributed by atoms with Crippen LogP contribution in [-0.4, -0.2) is 22.1 Å². The van der Waals surface area contributed by atoms with Crippen molar-refractivity contribution >= 4 is 67.1 Å². The highest BCUT2D eigenvalue weighted by Gasteiger charge is 2.36. The van der Waals surface area contributed by atoms with Crippen LogP contribution in [0.15, 0.2) is 108 Å². The summed E-state index contributed by atoms with van der Waals surface area (Å²) in [6.07, 6.45) is 3.46. The van der Waals surface area contributed by atoms with Gasteiger partial charge in [-0.15, -0.1) is 0 Å². The van der Waals surface area contributed by atoms with Crippen molar-refractivity contribution in [3.8, 4) is 5.75 Å². The third-order valence-electron chi connectivity index (χ3n) is 6.74. The Morgan fingerprint density at radius 2 is 1.46 bits per heavy atom. The van der Waals surface area contributed by atoms with E-state index < -0.39 is 7.14 Å². The molecule has 0 spiro atoms. The molecule has 1 unspecified atom stereocenters. The first-order valence-electron chi connectivity index (χ1n) is 11.8. The molecule has 0 radical (unpaired) electrons. The zero-order valence-electron chi connectivity index (χ0n) is 19.8. The highest BCUT2D eigenvalue weighted by molar-refractivity contribution is 7.85. The number of aromatic nitrogens is 3. The number of hydrogen-bond acceptors (Lipinski definition) is 6. The Morgan fingerprint density at radius 3 is 2.27 bits per heavy atom. The number of furan rings is 1. The van der Waals surface area contributed by atoms with Crippen LogP contribution in [0.3, 0.4) is 0 Å². The lowest BCUT2D eigenvalue weighted by Gasteiger charge is -2.20. The van der Waals surface area contributed by atoms with Crippen LogP contribution in [0.1, 0.15) is 0 Å². The first-order chi connectivity index (χ1) is 18.2. The molecule has 0 amide bonds. The van der Waals surface area contributed by atoms with Crippen molar-refractivity contribution in [2.45, 2.75) is 0 Å². The molecule has 7 rings (SSSR count). The van der Waals surface area contributed by atoms with Crippen molar-refractivity contribution in [2.24, 2.45) is 0 Å². The maximum absolute atomic E-state index is 15.5. The van der Waals surface area contributed by atoms with E-state index in [0.29, 0.717) is 49.4 Å². The predicted octanol–water partition coefficient (Wildman–Crippen LogP) is 5.73. The molecule has 0 saturated carbocycles. The SMILES string of the molecule is COc1ccc(P(=O)(c2ccccc2)c2ccc3ccc4cccnc4c3n2)c2oc3cccnc3c12. The average Bonchev–Trinajstić information content (AvgIpc) is 3.36. The highest BCUT2D eigenvalue weighted by Crippen LogP contribution is 2.47. The Hall–Kier alpha value is -4.54. The van der Waals surface area contributed by atoms with E-state index >= 15 is 4.57 Å². The fourth-order valence-corrected chi connectivity index (χ4v) is 7.63. The summed E-state index contributed by atoms with van der Waals surface area (Å²) in [7, 11) is -1.90. The fourth-order valence-electron chi connectivity index (χ4n) is 4.99. The van der Waals surface area contributed by atoms with Gasteiger partial charge in [0.2, 0.25) is 0 Å². The lowest BCUT2D eigenvalue weighted by Crippen LogP contribution is -2.27. The van der Waals surface area contributed by atoms with Gasteiger partial charge in [-0.1, -0.05) is 54.6 Å². The summed E-state index contributed by atoms with van der Waals surface area (Å²) in [6.45, 7) is 0. The summed E-state index contributed by atoms with van der Waals surface area (Å²) < 4.78 is 27.5. The molecule has 7 aromatic rings. The Morgan fingerprint density at radius 1 is 0.730 bits per heavy atom. The number of ether oxygens (including phenoxy) is 1. The minimum absolute atomic E-state index is 0.462. The molecule has 4 heterocycles.